The summed E-state index contributed by atoms with van der Waals surface area (Å²) in [6, 6.07) is 111. The molecule has 0 radical (unpaired) electrons. The molecular weight excluding hydrogens is 1160 g/mol. The Morgan fingerprint density at radius 3 is 1.00 bits per heavy atom. The summed E-state index contributed by atoms with van der Waals surface area (Å²) in [5.74, 6) is 2.17. The minimum atomic E-state index is 0.426. The number of benzene rings is 14. The number of para-hydroxylation sites is 4. The van der Waals surface area contributed by atoms with Crippen LogP contribution in [0, 0.1) is 0 Å². The third kappa shape index (κ3) is 9.24. The van der Waals surface area contributed by atoms with E-state index in [1.54, 1.807) is 0 Å². The molecule has 0 bridgehead atoms. The molecular formula is C86H52N8O. The minimum absolute atomic E-state index is 0.426. The largest absolute Gasteiger partial charge is 0.416 e. The van der Waals surface area contributed by atoms with Gasteiger partial charge in [-0.2, -0.15) is 0 Å². The molecule has 0 spiro atoms. The van der Waals surface area contributed by atoms with Gasteiger partial charge in [-0.25, -0.2) is 19.9 Å². The first-order valence-electron chi connectivity index (χ1n) is 31.9. The molecule has 5 aromatic heterocycles. The Morgan fingerprint density at radius 1 is 0.221 bits per heavy atom. The third-order valence-electron chi connectivity index (χ3n) is 18.7. The van der Waals surface area contributed by atoms with Gasteiger partial charge in [0.1, 0.15) is 0 Å². The Hall–Kier alpha value is -13.0. The third-order valence-corrected chi connectivity index (χ3v) is 18.7. The van der Waals surface area contributed by atoms with Crippen LogP contribution < -0.4 is 0 Å². The highest BCUT2D eigenvalue weighted by atomic mass is 16.4. The zero-order chi connectivity index (χ0) is 62.5. The normalized spacial score (nSPS) is 11.8. The Labute approximate surface area is 544 Å². The summed E-state index contributed by atoms with van der Waals surface area (Å²) in [5.41, 5.74) is 19.9. The van der Waals surface area contributed by atoms with E-state index in [0.29, 0.717) is 23.4 Å². The molecule has 0 N–H and O–H groups in total. The maximum atomic E-state index is 6.68. The molecule has 0 amide bonds. The maximum Gasteiger partial charge on any atom is 0.248 e. The van der Waals surface area contributed by atoms with Gasteiger partial charge in [0.05, 0.1) is 44.5 Å². The van der Waals surface area contributed by atoms with E-state index in [-0.39, 0.29) is 0 Å². The van der Waals surface area contributed by atoms with Gasteiger partial charge >= 0.3 is 0 Å². The van der Waals surface area contributed by atoms with Crippen molar-refractivity contribution < 1.29 is 4.42 Å². The van der Waals surface area contributed by atoms with E-state index in [4.69, 9.17) is 34.6 Å². The van der Waals surface area contributed by atoms with Crippen LogP contribution in [-0.2, 0) is 0 Å². The van der Waals surface area contributed by atoms with Gasteiger partial charge in [-0.3, -0.25) is 0 Å². The average Bonchev–Trinajstić information content (AvgIpc) is 1.64. The van der Waals surface area contributed by atoms with Crippen LogP contribution in [0.3, 0.4) is 0 Å². The molecule has 0 aliphatic heterocycles. The van der Waals surface area contributed by atoms with E-state index in [1.165, 1.54) is 32.7 Å². The van der Waals surface area contributed by atoms with Gasteiger partial charge in [-0.1, -0.05) is 206 Å². The average molecular weight is 1210 g/mol. The highest BCUT2D eigenvalue weighted by Gasteiger charge is 2.21. The van der Waals surface area contributed by atoms with Gasteiger partial charge in [0, 0.05) is 77.1 Å². The molecule has 9 heteroatoms. The predicted molar refractivity (Wildman–Crippen MR) is 388 cm³/mol. The van der Waals surface area contributed by atoms with Crippen molar-refractivity contribution in [2.75, 3.05) is 0 Å². The number of aromatic nitrogens is 8. The zero-order valence-corrected chi connectivity index (χ0v) is 51.0. The Morgan fingerprint density at radius 2 is 0.558 bits per heavy atom. The number of fused-ring (bicyclic) bond motifs is 10. The van der Waals surface area contributed by atoms with E-state index in [0.717, 1.165) is 133 Å². The Kier molecular flexibility index (Phi) is 12.4. The number of nitrogens with zero attached hydrogens (tertiary/aromatic N) is 8. The molecule has 0 unspecified atom stereocenters. The Balaban J connectivity index is 0.627. The second kappa shape index (κ2) is 21.9. The van der Waals surface area contributed by atoms with Crippen LogP contribution in [0.4, 0.5) is 0 Å². The van der Waals surface area contributed by atoms with Crippen molar-refractivity contribution in [1.29, 1.82) is 0 Å². The number of hydrogen-bond acceptors (Lipinski definition) is 7. The van der Waals surface area contributed by atoms with Crippen molar-refractivity contribution >= 4 is 87.0 Å². The van der Waals surface area contributed by atoms with Crippen molar-refractivity contribution in [3.8, 4) is 102 Å². The van der Waals surface area contributed by atoms with Crippen LogP contribution in [0.5, 0.6) is 0 Å². The van der Waals surface area contributed by atoms with Crippen molar-refractivity contribution in [2.24, 2.45) is 0 Å². The molecule has 0 fully saturated rings. The van der Waals surface area contributed by atoms with Crippen LogP contribution >= 0.6 is 0 Å². The summed E-state index contributed by atoms with van der Waals surface area (Å²) in [5, 5.41) is 20.8. The van der Waals surface area contributed by atoms with E-state index < -0.39 is 0 Å². The quantitative estimate of drug-likeness (QED) is 0.134. The summed E-state index contributed by atoms with van der Waals surface area (Å²) in [6.07, 6.45) is 0. The fourth-order valence-corrected chi connectivity index (χ4v) is 14.0. The lowest BCUT2D eigenvalue weighted by Gasteiger charge is -2.12. The fourth-order valence-electron chi connectivity index (χ4n) is 14.0. The molecule has 14 aromatic carbocycles. The van der Waals surface area contributed by atoms with Crippen molar-refractivity contribution in [3.05, 3.63) is 315 Å². The van der Waals surface area contributed by atoms with Crippen molar-refractivity contribution in [2.45, 2.75) is 0 Å². The molecule has 0 aliphatic rings. The lowest BCUT2D eigenvalue weighted by atomic mass is 9.98. The van der Waals surface area contributed by atoms with Gasteiger partial charge in [0.15, 0.2) is 11.6 Å². The smallest absolute Gasteiger partial charge is 0.248 e. The van der Waals surface area contributed by atoms with Gasteiger partial charge in [-0.05, 0) is 153 Å². The monoisotopic (exact) mass is 1210 g/mol. The van der Waals surface area contributed by atoms with E-state index in [1.807, 2.05) is 12.1 Å². The topological polar surface area (TPSA) is 100 Å². The molecule has 0 saturated carbocycles. The van der Waals surface area contributed by atoms with E-state index in [9.17, 15) is 0 Å². The summed E-state index contributed by atoms with van der Waals surface area (Å²) in [7, 11) is 0. The number of hydrogen-bond donors (Lipinski definition) is 0. The SMILES string of the molecule is c1ccc2cc(-c3ccc(-c4nc(-c5ccc(-n6c7ccccc7c7ccc(-c8nnc(-c9ccc%10c%11ccccc%11n(-c%11ccc(-c%12nc(-c%13ccc(-c%14ccc%15ccccc%15c%14)cc%13)c%13ccccc%13n%12)cc%11)c%10c9)o8)cc76)cc5)nc5ccccc45)cc3)ccc2c1. The summed E-state index contributed by atoms with van der Waals surface area (Å²) >= 11 is 0. The first kappa shape index (κ1) is 53.8. The molecule has 0 atom stereocenters. The molecule has 19 aromatic rings. The molecule has 442 valence electrons. The van der Waals surface area contributed by atoms with Crippen molar-refractivity contribution in [1.82, 2.24) is 39.3 Å². The standard InChI is InChI=1S/C86H52N8O/c1-3-15-61-49-63(35-29-53(61)13-1)55-25-31-57(32-26-55)81-73-19-5-9-21-75(73)87-83(89-81)59-37-43-67(44-38-59)93-77-23-11-7-17-69(77)71-47-41-65(51-79(71)93)85-91-92-86(95-85)66-42-48-72-70-18-8-12-24-78(70)94(80(72)52-66)68-45-39-60(40-46-68)84-88-76-22-10-6-20-74(76)82(90-84)58-33-27-56(28-34-58)64-36-30-54-14-2-4-16-62(54)50-64/h1-52H. The Bertz CT molecular complexity index is 5880. The van der Waals surface area contributed by atoms with Gasteiger partial charge in [-0.15, -0.1) is 10.2 Å². The van der Waals surface area contributed by atoms with Crippen LogP contribution in [-0.4, -0.2) is 39.3 Å². The van der Waals surface area contributed by atoms with Crippen LogP contribution in [0.1, 0.15) is 0 Å². The lowest BCUT2D eigenvalue weighted by molar-refractivity contribution is 0.584. The molecule has 19 rings (SSSR count). The highest BCUT2D eigenvalue weighted by Crippen LogP contribution is 2.40. The summed E-state index contributed by atoms with van der Waals surface area (Å²) in [4.78, 5) is 20.8. The minimum Gasteiger partial charge on any atom is -0.416 e. The summed E-state index contributed by atoms with van der Waals surface area (Å²) in [6.45, 7) is 0. The lowest BCUT2D eigenvalue weighted by Crippen LogP contribution is -1.97. The molecule has 95 heavy (non-hydrogen) atoms. The van der Waals surface area contributed by atoms with Gasteiger partial charge in [0.25, 0.3) is 0 Å². The predicted octanol–water partition coefficient (Wildman–Crippen LogP) is 21.8. The molecule has 0 aliphatic carbocycles. The molecule has 9 nitrogen and oxygen atoms in total. The summed E-state index contributed by atoms with van der Waals surface area (Å²) < 4.78 is 11.3. The first-order chi connectivity index (χ1) is 47.0. The molecule has 0 saturated heterocycles. The highest BCUT2D eigenvalue weighted by molar-refractivity contribution is 6.11. The van der Waals surface area contributed by atoms with Crippen LogP contribution in [0.2, 0.25) is 0 Å². The number of rotatable bonds is 10. The second-order valence-electron chi connectivity index (χ2n) is 24.3. The van der Waals surface area contributed by atoms with Crippen LogP contribution in [0.25, 0.3) is 189 Å². The first-order valence-corrected chi connectivity index (χ1v) is 31.9. The van der Waals surface area contributed by atoms with Crippen LogP contribution in [0.15, 0.2) is 320 Å². The zero-order valence-electron chi connectivity index (χ0n) is 51.0. The molecule has 5 heterocycles. The van der Waals surface area contributed by atoms with E-state index >= 15 is 0 Å². The van der Waals surface area contributed by atoms with E-state index in [2.05, 4.69) is 312 Å². The fraction of sp³-hybridized carbons (Fsp3) is 0. The second-order valence-corrected chi connectivity index (χ2v) is 24.3. The van der Waals surface area contributed by atoms with Gasteiger partial charge < -0.3 is 13.6 Å². The maximum absolute atomic E-state index is 6.68. The van der Waals surface area contributed by atoms with Gasteiger partial charge in [0.2, 0.25) is 11.8 Å². The van der Waals surface area contributed by atoms with Crippen molar-refractivity contribution in [3.63, 3.8) is 0 Å².